The van der Waals surface area contributed by atoms with E-state index in [1.165, 1.54) is 6.42 Å². The minimum absolute atomic E-state index is 0.153. The van der Waals surface area contributed by atoms with Crippen LogP contribution in [-0.4, -0.2) is 23.9 Å². The average Bonchev–Trinajstić information content (AvgIpc) is 2.51. The van der Waals surface area contributed by atoms with Crippen molar-refractivity contribution in [2.24, 2.45) is 11.8 Å². The van der Waals surface area contributed by atoms with Crippen molar-refractivity contribution >= 4 is 11.8 Å². The molecule has 16 heavy (non-hydrogen) atoms. The molecule has 0 radical (unpaired) electrons. The van der Waals surface area contributed by atoms with Crippen molar-refractivity contribution in [2.45, 2.75) is 51.6 Å². The van der Waals surface area contributed by atoms with Crippen molar-refractivity contribution in [1.29, 1.82) is 0 Å². The molecule has 4 heteroatoms. The Morgan fingerprint density at radius 2 is 1.94 bits per heavy atom. The topological polar surface area (TPSA) is 58.2 Å². The molecule has 1 saturated heterocycles. The van der Waals surface area contributed by atoms with Gasteiger partial charge in [-0.2, -0.15) is 0 Å². The van der Waals surface area contributed by atoms with E-state index >= 15 is 0 Å². The summed E-state index contributed by atoms with van der Waals surface area (Å²) < 4.78 is 0. The number of hydrogen-bond donors (Lipinski definition) is 2. The van der Waals surface area contributed by atoms with Crippen LogP contribution in [0.1, 0.15) is 39.5 Å². The van der Waals surface area contributed by atoms with Crippen LogP contribution in [0, 0.1) is 11.8 Å². The summed E-state index contributed by atoms with van der Waals surface area (Å²) in [5, 5.41) is 5.65. The molecule has 1 aliphatic carbocycles. The van der Waals surface area contributed by atoms with E-state index in [0.29, 0.717) is 18.4 Å². The molecule has 0 spiro atoms. The summed E-state index contributed by atoms with van der Waals surface area (Å²) in [6.45, 7) is 4.55. The molecular weight excluding hydrogens is 204 g/mol. The fourth-order valence-electron chi connectivity index (χ4n) is 2.67. The van der Waals surface area contributed by atoms with Gasteiger partial charge in [0.15, 0.2) is 0 Å². The summed E-state index contributed by atoms with van der Waals surface area (Å²) in [4.78, 5) is 22.5. The molecule has 2 N–H and O–H groups in total. The van der Waals surface area contributed by atoms with Crippen LogP contribution >= 0.6 is 0 Å². The van der Waals surface area contributed by atoms with Crippen molar-refractivity contribution < 1.29 is 9.59 Å². The van der Waals surface area contributed by atoms with E-state index in [4.69, 9.17) is 0 Å². The van der Waals surface area contributed by atoms with Gasteiger partial charge in [0.05, 0.1) is 12.5 Å². The third kappa shape index (κ3) is 2.43. The first-order valence-electron chi connectivity index (χ1n) is 6.16. The molecule has 1 aliphatic heterocycles. The summed E-state index contributed by atoms with van der Waals surface area (Å²) in [7, 11) is 0. The number of carbonyl (C=O) groups excluding carboxylic acids is 2. The summed E-state index contributed by atoms with van der Waals surface area (Å²) in [6.07, 6.45) is 3.74. The predicted octanol–water partition coefficient (Wildman–Crippen LogP) is 0.816. The normalized spacial score (nSPS) is 39.9. The second kappa shape index (κ2) is 4.53. The zero-order valence-corrected chi connectivity index (χ0v) is 9.95. The van der Waals surface area contributed by atoms with E-state index < -0.39 is 0 Å². The van der Waals surface area contributed by atoms with Gasteiger partial charge in [0.25, 0.3) is 0 Å². The van der Waals surface area contributed by atoms with Gasteiger partial charge in [-0.3, -0.25) is 14.9 Å². The largest absolute Gasteiger partial charge is 0.303 e. The first-order valence-corrected chi connectivity index (χ1v) is 6.16. The average molecular weight is 224 g/mol. The van der Waals surface area contributed by atoms with Gasteiger partial charge >= 0.3 is 0 Å². The first-order chi connectivity index (χ1) is 7.56. The van der Waals surface area contributed by atoms with E-state index in [2.05, 4.69) is 24.5 Å². The quantitative estimate of drug-likeness (QED) is 0.683. The second-order valence-electron chi connectivity index (χ2n) is 5.30. The second-order valence-corrected chi connectivity index (χ2v) is 5.30. The lowest BCUT2D eigenvalue weighted by atomic mass is 9.79. The maximum absolute atomic E-state index is 11.4. The van der Waals surface area contributed by atoms with Crippen molar-refractivity contribution in [3.63, 3.8) is 0 Å². The smallest absolute Gasteiger partial charge is 0.244 e. The zero-order valence-electron chi connectivity index (χ0n) is 9.95. The standard InChI is InChI=1S/C12H20N2O2/c1-7-3-4-9(5-8(7)2)13-10-6-11(15)14-12(10)16/h7-10,13H,3-6H2,1-2H3,(H,14,15,16). The third-order valence-electron chi connectivity index (χ3n) is 4.00. The molecule has 2 aliphatic rings. The highest BCUT2D eigenvalue weighted by molar-refractivity contribution is 6.05. The van der Waals surface area contributed by atoms with Gasteiger partial charge in [0.1, 0.15) is 0 Å². The van der Waals surface area contributed by atoms with Crippen molar-refractivity contribution in [2.75, 3.05) is 0 Å². The molecular formula is C12H20N2O2. The van der Waals surface area contributed by atoms with Gasteiger partial charge < -0.3 is 5.32 Å². The van der Waals surface area contributed by atoms with Crippen LogP contribution in [0.25, 0.3) is 0 Å². The van der Waals surface area contributed by atoms with Crippen LogP contribution in [0.3, 0.4) is 0 Å². The third-order valence-corrected chi connectivity index (χ3v) is 4.00. The number of hydrogen-bond acceptors (Lipinski definition) is 3. The number of amides is 2. The zero-order chi connectivity index (χ0) is 11.7. The van der Waals surface area contributed by atoms with Gasteiger partial charge in [-0.05, 0) is 31.1 Å². The van der Waals surface area contributed by atoms with Crippen LogP contribution in [0.5, 0.6) is 0 Å². The summed E-state index contributed by atoms with van der Waals surface area (Å²) in [5.41, 5.74) is 0. The molecule has 0 aromatic rings. The maximum Gasteiger partial charge on any atom is 0.244 e. The summed E-state index contributed by atoms with van der Waals surface area (Å²) >= 11 is 0. The molecule has 2 fully saturated rings. The van der Waals surface area contributed by atoms with Gasteiger partial charge in [-0.1, -0.05) is 13.8 Å². The van der Waals surface area contributed by atoms with Crippen LogP contribution in [0.15, 0.2) is 0 Å². The molecule has 1 heterocycles. The number of nitrogens with one attached hydrogen (secondary N) is 2. The molecule has 0 aromatic heterocycles. The Balaban J connectivity index is 1.86. The molecule has 1 saturated carbocycles. The number of carbonyl (C=O) groups is 2. The van der Waals surface area contributed by atoms with E-state index in [9.17, 15) is 9.59 Å². The Hall–Kier alpha value is -0.900. The molecule has 4 atom stereocenters. The Morgan fingerprint density at radius 3 is 2.50 bits per heavy atom. The molecule has 0 bridgehead atoms. The van der Waals surface area contributed by atoms with E-state index in [-0.39, 0.29) is 17.9 Å². The van der Waals surface area contributed by atoms with Gasteiger partial charge in [0.2, 0.25) is 11.8 Å². The van der Waals surface area contributed by atoms with Crippen molar-refractivity contribution in [3.8, 4) is 0 Å². The van der Waals surface area contributed by atoms with E-state index in [1.54, 1.807) is 0 Å². The fourth-order valence-corrected chi connectivity index (χ4v) is 2.67. The van der Waals surface area contributed by atoms with E-state index in [0.717, 1.165) is 18.8 Å². The lowest BCUT2D eigenvalue weighted by Gasteiger charge is -2.33. The number of rotatable bonds is 2. The first kappa shape index (κ1) is 11.6. The number of imide groups is 1. The molecule has 90 valence electrons. The Bertz CT molecular complexity index is 303. The predicted molar refractivity (Wildman–Crippen MR) is 60.7 cm³/mol. The molecule has 4 nitrogen and oxygen atoms in total. The van der Waals surface area contributed by atoms with Crippen LogP contribution in [0.4, 0.5) is 0 Å². The van der Waals surface area contributed by atoms with Gasteiger partial charge in [-0.15, -0.1) is 0 Å². The Labute approximate surface area is 96.2 Å². The Kier molecular flexibility index (Phi) is 3.28. The summed E-state index contributed by atoms with van der Waals surface area (Å²) in [5.74, 6) is 1.17. The minimum atomic E-state index is -0.293. The summed E-state index contributed by atoms with van der Waals surface area (Å²) in [6, 6.07) is 0.103. The molecule has 0 aromatic carbocycles. The highest BCUT2D eigenvalue weighted by Gasteiger charge is 2.33. The molecule has 2 amide bonds. The highest BCUT2D eigenvalue weighted by atomic mass is 16.2. The fraction of sp³-hybridized carbons (Fsp3) is 0.833. The van der Waals surface area contributed by atoms with Crippen LogP contribution in [0.2, 0.25) is 0 Å². The van der Waals surface area contributed by atoms with Crippen molar-refractivity contribution in [1.82, 2.24) is 10.6 Å². The molecule has 4 unspecified atom stereocenters. The Morgan fingerprint density at radius 1 is 1.19 bits per heavy atom. The van der Waals surface area contributed by atoms with Crippen LogP contribution < -0.4 is 10.6 Å². The van der Waals surface area contributed by atoms with Gasteiger partial charge in [-0.25, -0.2) is 0 Å². The minimum Gasteiger partial charge on any atom is -0.303 e. The van der Waals surface area contributed by atoms with Crippen molar-refractivity contribution in [3.05, 3.63) is 0 Å². The van der Waals surface area contributed by atoms with E-state index in [1.807, 2.05) is 0 Å². The lowest BCUT2D eigenvalue weighted by Crippen LogP contribution is -2.45. The lowest BCUT2D eigenvalue weighted by molar-refractivity contribution is -0.125. The maximum atomic E-state index is 11.4. The monoisotopic (exact) mass is 224 g/mol. The van der Waals surface area contributed by atoms with Crippen LogP contribution in [-0.2, 0) is 9.59 Å². The highest BCUT2D eigenvalue weighted by Crippen LogP contribution is 2.29. The molecule has 2 rings (SSSR count). The SMILES string of the molecule is CC1CCC(NC2CC(=O)NC2=O)CC1C. The van der Waals surface area contributed by atoms with Gasteiger partial charge in [0, 0.05) is 6.04 Å².